The first-order chi connectivity index (χ1) is 8.61. The number of amides is 1. The van der Waals surface area contributed by atoms with Gasteiger partial charge in [-0.3, -0.25) is 4.79 Å². The molecule has 1 heterocycles. The zero-order valence-electron chi connectivity index (χ0n) is 11.0. The third kappa shape index (κ3) is 5.63. The van der Waals surface area contributed by atoms with Gasteiger partial charge in [0.05, 0.1) is 7.11 Å². The molecule has 100 valence electrons. The molecule has 0 radical (unpaired) electrons. The van der Waals surface area contributed by atoms with Crippen LogP contribution >= 0.6 is 0 Å². The lowest BCUT2D eigenvalue weighted by Gasteiger charge is -2.07. The number of aromatic nitrogens is 1. The lowest BCUT2D eigenvalue weighted by molar-refractivity contribution is -0.121. The molecular weight excluding hydrogens is 230 g/mol. The van der Waals surface area contributed by atoms with Gasteiger partial charge in [0.2, 0.25) is 11.8 Å². The van der Waals surface area contributed by atoms with E-state index in [-0.39, 0.29) is 11.9 Å². The van der Waals surface area contributed by atoms with Gasteiger partial charge in [-0.25, -0.2) is 4.98 Å². The van der Waals surface area contributed by atoms with E-state index in [1.807, 2.05) is 13.0 Å². The highest BCUT2D eigenvalue weighted by Gasteiger charge is 2.03. The van der Waals surface area contributed by atoms with E-state index in [1.54, 1.807) is 19.4 Å². The number of methoxy groups -OCH3 is 1. The maximum absolute atomic E-state index is 11.5. The minimum absolute atomic E-state index is 0.0477. The van der Waals surface area contributed by atoms with Crippen molar-refractivity contribution in [3.8, 4) is 5.88 Å². The number of carbonyl (C=O) groups is 1. The smallest absolute Gasteiger partial charge is 0.220 e. The molecule has 5 nitrogen and oxygen atoms in total. The molecule has 1 aromatic rings. The van der Waals surface area contributed by atoms with Crippen molar-refractivity contribution in [3.05, 3.63) is 23.9 Å². The fourth-order valence-corrected chi connectivity index (χ4v) is 1.51. The standard InChI is InChI=1S/C13H21N3O2/c1-10(14)4-3-5-12(17)15-8-11-6-7-13(18-2)16-9-11/h6-7,9-10H,3-5,8,14H2,1-2H3,(H,15,17). The van der Waals surface area contributed by atoms with E-state index >= 15 is 0 Å². The number of ether oxygens (including phenoxy) is 1. The Bertz CT molecular complexity index is 363. The first-order valence-corrected chi connectivity index (χ1v) is 6.13. The number of nitrogens with one attached hydrogen (secondary N) is 1. The number of hydrogen-bond donors (Lipinski definition) is 2. The number of nitrogens with zero attached hydrogens (tertiary/aromatic N) is 1. The van der Waals surface area contributed by atoms with Crippen LogP contribution in [0, 0.1) is 0 Å². The van der Waals surface area contributed by atoms with Crippen LogP contribution in [-0.4, -0.2) is 24.0 Å². The van der Waals surface area contributed by atoms with Gasteiger partial charge in [-0.1, -0.05) is 6.07 Å². The second kappa shape index (κ2) is 7.66. The lowest BCUT2D eigenvalue weighted by atomic mass is 10.1. The van der Waals surface area contributed by atoms with Crippen LogP contribution in [0.2, 0.25) is 0 Å². The molecule has 1 rings (SSSR count). The SMILES string of the molecule is COc1ccc(CNC(=O)CCCC(C)N)cn1. The molecule has 0 saturated carbocycles. The van der Waals surface area contributed by atoms with Crippen LogP contribution in [0.5, 0.6) is 5.88 Å². The van der Waals surface area contributed by atoms with Gasteiger partial charge in [0, 0.05) is 31.3 Å². The number of rotatable bonds is 7. The number of carbonyl (C=O) groups excluding carboxylic acids is 1. The summed E-state index contributed by atoms with van der Waals surface area (Å²) in [4.78, 5) is 15.6. The van der Waals surface area contributed by atoms with Crippen molar-refractivity contribution in [3.63, 3.8) is 0 Å². The summed E-state index contributed by atoms with van der Waals surface area (Å²) in [6.45, 7) is 2.44. The summed E-state index contributed by atoms with van der Waals surface area (Å²) >= 11 is 0. The molecule has 3 N–H and O–H groups in total. The molecule has 0 aliphatic carbocycles. The van der Waals surface area contributed by atoms with Gasteiger partial charge < -0.3 is 15.8 Å². The predicted molar refractivity (Wildman–Crippen MR) is 70.1 cm³/mol. The van der Waals surface area contributed by atoms with Gasteiger partial charge in [0.1, 0.15) is 0 Å². The molecule has 1 aromatic heterocycles. The van der Waals surface area contributed by atoms with Gasteiger partial charge in [-0.05, 0) is 25.3 Å². The molecule has 0 bridgehead atoms. The summed E-state index contributed by atoms with van der Waals surface area (Å²) in [5.41, 5.74) is 6.57. The van der Waals surface area contributed by atoms with Gasteiger partial charge in [-0.2, -0.15) is 0 Å². The minimum Gasteiger partial charge on any atom is -0.481 e. The second-order valence-electron chi connectivity index (χ2n) is 4.36. The topological polar surface area (TPSA) is 77.2 Å². The van der Waals surface area contributed by atoms with E-state index in [4.69, 9.17) is 10.5 Å². The highest BCUT2D eigenvalue weighted by molar-refractivity contribution is 5.75. The van der Waals surface area contributed by atoms with E-state index in [9.17, 15) is 4.79 Å². The normalized spacial score (nSPS) is 11.9. The average molecular weight is 251 g/mol. The summed E-state index contributed by atoms with van der Waals surface area (Å²) in [6.07, 6.45) is 3.91. The van der Waals surface area contributed by atoms with E-state index in [0.717, 1.165) is 18.4 Å². The zero-order valence-corrected chi connectivity index (χ0v) is 11.0. The quantitative estimate of drug-likeness (QED) is 0.764. The molecule has 0 aliphatic heterocycles. The molecule has 0 aliphatic rings. The third-order valence-electron chi connectivity index (χ3n) is 2.56. The van der Waals surface area contributed by atoms with Crippen LogP contribution in [0.3, 0.4) is 0 Å². The predicted octanol–water partition coefficient (Wildman–Crippen LogP) is 1.22. The molecule has 1 unspecified atom stereocenters. The van der Waals surface area contributed by atoms with Crippen LogP contribution in [0.4, 0.5) is 0 Å². The van der Waals surface area contributed by atoms with Gasteiger partial charge in [0.25, 0.3) is 0 Å². The van der Waals surface area contributed by atoms with Crippen molar-refractivity contribution in [2.24, 2.45) is 5.73 Å². The van der Waals surface area contributed by atoms with E-state index < -0.39 is 0 Å². The van der Waals surface area contributed by atoms with Crippen LogP contribution in [0.1, 0.15) is 31.7 Å². The van der Waals surface area contributed by atoms with E-state index in [1.165, 1.54) is 0 Å². The number of nitrogens with two attached hydrogens (primary N) is 1. The average Bonchev–Trinajstić information content (AvgIpc) is 2.36. The van der Waals surface area contributed by atoms with Crippen molar-refractivity contribution >= 4 is 5.91 Å². The molecule has 0 aromatic carbocycles. The van der Waals surface area contributed by atoms with Crippen molar-refractivity contribution < 1.29 is 9.53 Å². The Kier molecular flexibility index (Phi) is 6.14. The minimum atomic E-state index is 0.0477. The number of hydrogen-bond acceptors (Lipinski definition) is 4. The Morgan fingerprint density at radius 3 is 2.89 bits per heavy atom. The van der Waals surface area contributed by atoms with Crippen molar-refractivity contribution in [1.29, 1.82) is 0 Å². The monoisotopic (exact) mass is 251 g/mol. The zero-order chi connectivity index (χ0) is 13.4. The first-order valence-electron chi connectivity index (χ1n) is 6.13. The lowest BCUT2D eigenvalue weighted by Crippen LogP contribution is -2.23. The summed E-state index contributed by atoms with van der Waals surface area (Å²) in [5, 5.41) is 2.85. The molecule has 1 amide bonds. The number of pyridine rings is 1. The summed E-state index contributed by atoms with van der Waals surface area (Å²) in [7, 11) is 1.57. The van der Waals surface area contributed by atoms with Crippen molar-refractivity contribution in [1.82, 2.24) is 10.3 Å². The van der Waals surface area contributed by atoms with Crippen LogP contribution in [0.15, 0.2) is 18.3 Å². The third-order valence-corrected chi connectivity index (χ3v) is 2.56. The maximum Gasteiger partial charge on any atom is 0.220 e. The largest absolute Gasteiger partial charge is 0.481 e. The molecule has 0 saturated heterocycles. The van der Waals surface area contributed by atoms with Gasteiger partial charge >= 0.3 is 0 Å². The molecule has 5 heteroatoms. The molecular formula is C13H21N3O2. The summed E-state index contributed by atoms with van der Waals surface area (Å²) in [5.74, 6) is 0.619. The summed E-state index contributed by atoms with van der Waals surface area (Å²) < 4.78 is 4.96. The van der Waals surface area contributed by atoms with Crippen LogP contribution in [-0.2, 0) is 11.3 Å². The molecule has 1 atom stereocenters. The molecule has 0 spiro atoms. The Labute approximate surface area is 108 Å². The van der Waals surface area contributed by atoms with E-state index in [2.05, 4.69) is 10.3 Å². The Balaban J connectivity index is 2.24. The van der Waals surface area contributed by atoms with Crippen LogP contribution in [0.25, 0.3) is 0 Å². The molecule has 18 heavy (non-hydrogen) atoms. The van der Waals surface area contributed by atoms with Gasteiger partial charge in [0.15, 0.2) is 0 Å². The highest BCUT2D eigenvalue weighted by Crippen LogP contribution is 2.06. The highest BCUT2D eigenvalue weighted by atomic mass is 16.5. The fourth-order valence-electron chi connectivity index (χ4n) is 1.51. The summed E-state index contributed by atoms with van der Waals surface area (Å²) in [6, 6.07) is 3.81. The van der Waals surface area contributed by atoms with E-state index in [0.29, 0.717) is 18.8 Å². The van der Waals surface area contributed by atoms with Crippen LogP contribution < -0.4 is 15.8 Å². The van der Waals surface area contributed by atoms with Crippen molar-refractivity contribution in [2.75, 3.05) is 7.11 Å². The fraction of sp³-hybridized carbons (Fsp3) is 0.538. The Morgan fingerprint density at radius 2 is 2.33 bits per heavy atom. The van der Waals surface area contributed by atoms with Gasteiger partial charge in [-0.15, -0.1) is 0 Å². The second-order valence-corrected chi connectivity index (χ2v) is 4.36. The Hall–Kier alpha value is -1.62. The maximum atomic E-state index is 11.5. The first kappa shape index (κ1) is 14.4. The molecule has 0 fully saturated rings. The van der Waals surface area contributed by atoms with Crippen molar-refractivity contribution in [2.45, 2.75) is 38.8 Å². The Morgan fingerprint density at radius 1 is 1.56 bits per heavy atom.